The predicted molar refractivity (Wildman–Crippen MR) is 83.5 cm³/mol. The molecule has 1 fully saturated rings. The Morgan fingerprint density at radius 2 is 2.05 bits per heavy atom. The molecule has 0 bridgehead atoms. The molecule has 0 atom stereocenters. The fourth-order valence-electron chi connectivity index (χ4n) is 2.48. The maximum atomic E-state index is 12.2. The Bertz CT molecular complexity index is 483. The molecule has 1 heterocycles. The third-order valence-electron chi connectivity index (χ3n) is 3.62. The van der Waals surface area contributed by atoms with Crippen molar-refractivity contribution in [2.24, 2.45) is 0 Å². The number of aryl methyl sites for hydroxylation is 1. The summed E-state index contributed by atoms with van der Waals surface area (Å²) in [6.07, 6.45) is 4.55. The van der Waals surface area contributed by atoms with Crippen LogP contribution < -0.4 is 10.6 Å². The van der Waals surface area contributed by atoms with Gasteiger partial charge in [-0.1, -0.05) is 12.8 Å². The van der Waals surface area contributed by atoms with Crippen molar-refractivity contribution in [2.75, 3.05) is 32.5 Å². The van der Waals surface area contributed by atoms with E-state index < -0.39 is 0 Å². The largest absolute Gasteiger partial charge is 0.353 e. The van der Waals surface area contributed by atoms with Crippen LogP contribution in [0.3, 0.4) is 0 Å². The molecule has 6 nitrogen and oxygen atoms in total. The minimum atomic E-state index is -0.0944. The van der Waals surface area contributed by atoms with Gasteiger partial charge in [0, 0.05) is 24.8 Å². The van der Waals surface area contributed by atoms with Crippen LogP contribution in [0, 0.1) is 6.92 Å². The number of nitrogens with zero attached hydrogens (tertiary/aromatic N) is 3. The number of nitrogens with one attached hydrogen (secondary N) is 2. The second-order valence-electron chi connectivity index (χ2n) is 5.90. The summed E-state index contributed by atoms with van der Waals surface area (Å²) in [6.45, 7) is 3.52. The van der Waals surface area contributed by atoms with Crippen molar-refractivity contribution >= 4 is 11.9 Å². The summed E-state index contributed by atoms with van der Waals surface area (Å²) in [6, 6.07) is 2.04. The van der Waals surface area contributed by atoms with Crippen LogP contribution in [0.1, 0.15) is 41.9 Å². The Balaban J connectivity index is 1.98. The number of aromatic nitrogens is 2. The van der Waals surface area contributed by atoms with E-state index in [1.54, 1.807) is 6.07 Å². The molecular weight excluding hydrogens is 266 g/mol. The molecule has 116 valence electrons. The molecule has 2 N–H and O–H groups in total. The second-order valence-corrected chi connectivity index (χ2v) is 5.90. The van der Waals surface area contributed by atoms with E-state index >= 15 is 0 Å². The molecule has 1 aromatic rings. The number of carbonyl (C=O) groups is 1. The number of rotatable bonds is 6. The van der Waals surface area contributed by atoms with Crippen LogP contribution >= 0.6 is 0 Å². The van der Waals surface area contributed by atoms with Crippen molar-refractivity contribution in [2.45, 2.75) is 38.6 Å². The first-order valence-corrected chi connectivity index (χ1v) is 7.60. The van der Waals surface area contributed by atoms with Gasteiger partial charge in [0.2, 0.25) is 5.95 Å². The van der Waals surface area contributed by atoms with Crippen LogP contribution in [0.5, 0.6) is 0 Å². The normalized spacial score (nSPS) is 15.4. The number of anilines is 1. The van der Waals surface area contributed by atoms with E-state index in [2.05, 4.69) is 25.5 Å². The average molecular weight is 291 g/mol. The minimum absolute atomic E-state index is 0.0944. The highest BCUT2D eigenvalue weighted by molar-refractivity contribution is 5.92. The quantitative estimate of drug-likeness (QED) is 0.830. The van der Waals surface area contributed by atoms with Crippen LogP contribution in [-0.4, -0.2) is 54.0 Å². The number of amides is 1. The highest BCUT2D eigenvalue weighted by Gasteiger charge is 2.19. The molecule has 1 saturated carbocycles. The van der Waals surface area contributed by atoms with Crippen LogP contribution in [0.15, 0.2) is 6.07 Å². The molecular formula is C15H25N5O. The first kappa shape index (κ1) is 15.7. The summed E-state index contributed by atoms with van der Waals surface area (Å²) in [5, 5.41) is 6.22. The summed E-state index contributed by atoms with van der Waals surface area (Å²) >= 11 is 0. The van der Waals surface area contributed by atoms with Crippen LogP contribution in [-0.2, 0) is 0 Å². The molecule has 1 amide bonds. The monoisotopic (exact) mass is 291 g/mol. The van der Waals surface area contributed by atoms with Gasteiger partial charge >= 0.3 is 0 Å². The molecule has 6 heteroatoms. The third kappa shape index (κ3) is 4.97. The first-order chi connectivity index (χ1) is 10.0. The Labute approximate surface area is 126 Å². The van der Waals surface area contributed by atoms with Gasteiger partial charge in [-0.3, -0.25) is 4.79 Å². The number of carbonyl (C=O) groups excluding carboxylic acids is 1. The Kier molecular flexibility index (Phi) is 5.50. The van der Waals surface area contributed by atoms with Gasteiger partial charge in [0.1, 0.15) is 5.69 Å². The van der Waals surface area contributed by atoms with Crippen molar-refractivity contribution in [3.05, 3.63) is 17.5 Å². The van der Waals surface area contributed by atoms with E-state index in [9.17, 15) is 4.79 Å². The Hall–Kier alpha value is -1.69. The lowest BCUT2D eigenvalue weighted by Crippen LogP contribution is -2.33. The minimum Gasteiger partial charge on any atom is -0.353 e. The molecule has 0 unspecified atom stereocenters. The van der Waals surface area contributed by atoms with Crippen molar-refractivity contribution < 1.29 is 4.79 Å². The van der Waals surface area contributed by atoms with E-state index in [0.717, 1.165) is 31.6 Å². The van der Waals surface area contributed by atoms with Crippen LogP contribution in [0.2, 0.25) is 0 Å². The highest BCUT2D eigenvalue weighted by Crippen LogP contribution is 2.18. The topological polar surface area (TPSA) is 70.2 Å². The average Bonchev–Trinajstić information content (AvgIpc) is 2.90. The standard InChI is InChI=1S/C15H25N5O/c1-11-10-13(14(21)18-12-6-4-5-7-12)19-15(17-11)16-8-9-20(2)3/h10,12H,4-9H2,1-3H3,(H,18,21)(H,16,17,19). The molecule has 0 aromatic carbocycles. The van der Waals surface area contributed by atoms with Crippen LogP contribution in [0.25, 0.3) is 0 Å². The van der Waals surface area contributed by atoms with E-state index in [0.29, 0.717) is 17.7 Å². The number of likely N-dealkylation sites (N-methyl/N-ethyl adjacent to an activating group) is 1. The van der Waals surface area contributed by atoms with Crippen molar-refractivity contribution in [1.82, 2.24) is 20.2 Å². The summed E-state index contributed by atoms with van der Waals surface area (Å²) in [5.41, 5.74) is 1.25. The zero-order valence-electron chi connectivity index (χ0n) is 13.1. The van der Waals surface area contributed by atoms with Gasteiger partial charge in [-0.25, -0.2) is 9.97 Å². The van der Waals surface area contributed by atoms with Crippen molar-refractivity contribution in [1.29, 1.82) is 0 Å². The summed E-state index contributed by atoms with van der Waals surface area (Å²) < 4.78 is 0. The van der Waals surface area contributed by atoms with Gasteiger partial charge in [0.05, 0.1) is 0 Å². The molecule has 0 spiro atoms. The first-order valence-electron chi connectivity index (χ1n) is 7.60. The van der Waals surface area contributed by atoms with E-state index in [4.69, 9.17) is 0 Å². The fraction of sp³-hybridized carbons (Fsp3) is 0.667. The second kappa shape index (κ2) is 7.36. The molecule has 1 aromatic heterocycles. The maximum absolute atomic E-state index is 12.2. The smallest absolute Gasteiger partial charge is 0.270 e. The van der Waals surface area contributed by atoms with Gasteiger partial charge in [-0.2, -0.15) is 0 Å². The maximum Gasteiger partial charge on any atom is 0.270 e. The molecule has 0 radical (unpaired) electrons. The molecule has 0 aliphatic heterocycles. The summed E-state index contributed by atoms with van der Waals surface area (Å²) in [7, 11) is 4.03. The highest BCUT2D eigenvalue weighted by atomic mass is 16.1. The molecule has 21 heavy (non-hydrogen) atoms. The van der Waals surface area contributed by atoms with Crippen LogP contribution in [0.4, 0.5) is 5.95 Å². The van der Waals surface area contributed by atoms with Gasteiger partial charge in [0.25, 0.3) is 5.91 Å². The predicted octanol–water partition coefficient (Wildman–Crippen LogP) is 1.43. The fourth-order valence-corrected chi connectivity index (χ4v) is 2.48. The number of hydrogen-bond donors (Lipinski definition) is 2. The van der Waals surface area contributed by atoms with Crippen molar-refractivity contribution in [3.8, 4) is 0 Å². The Morgan fingerprint density at radius 3 is 2.71 bits per heavy atom. The lowest BCUT2D eigenvalue weighted by Gasteiger charge is -2.13. The third-order valence-corrected chi connectivity index (χ3v) is 3.62. The molecule has 0 saturated heterocycles. The SMILES string of the molecule is Cc1cc(C(=O)NC2CCCC2)nc(NCCN(C)C)n1. The lowest BCUT2D eigenvalue weighted by atomic mass is 10.2. The van der Waals surface area contributed by atoms with E-state index in [-0.39, 0.29) is 5.91 Å². The van der Waals surface area contributed by atoms with Gasteiger partial charge in [-0.05, 0) is 39.9 Å². The molecule has 2 rings (SSSR count). The number of hydrogen-bond acceptors (Lipinski definition) is 5. The lowest BCUT2D eigenvalue weighted by molar-refractivity contribution is 0.0932. The Morgan fingerprint density at radius 1 is 1.33 bits per heavy atom. The van der Waals surface area contributed by atoms with Gasteiger partial charge < -0.3 is 15.5 Å². The zero-order chi connectivity index (χ0) is 15.2. The molecule has 1 aliphatic carbocycles. The summed E-state index contributed by atoms with van der Waals surface area (Å²) in [5.74, 6) is 0.427. The van der Waals surface area contributed by atoms with Gasteiger partial charge in [0.15, 0.2) is 0 Å². The zero-order valence-corrected chi connectivity index (χ0v) is 13.1. The van der Waals surface area contributed by atoms with E-state index in [1.165, 1.54) is 12.8 Å². The van der Waals surface area contributed by atoms with Crippen molar-refractivity contribution in [3.63, 3.8) is 0 Å². The summed E-state index contributed by atoms with van der Waals surface area (Å²) in [4.78, 5) is 23.0. The van der Waals surface area contributed by atoms with Gasteiger partial charge in [-0.15, -0.1) is 0 Å². The molecule has 1 aliphatic rings. The van der Waals surface area contributed by atoms with E-state index in [1.807, 2.05) is 21.0 Å².